The van der Waals surface area contributed by atoms with Gasteiger partial charge in [0.1, 0.15) is 0 Å². The van der Waals surface area contributed by atoms with E-state index in [1.807, 2.05) is 13.8 Å². The van der Waals surface area contributed by atoms with Crippen LogP contribution in [0.15, 0.2) is 23.1 Å². The van der Waals surface area contributed by atoms with Crippen molar-refractivity contribution in [3.63, 3.8) is 0 Å². The highest BCUT2D eigenvalue weighted by molar-refractivity contribution is 7.89. The Morgan fingerprint density at radius 3 is 2.50 bits per heavy atom. The Balaban J connectivity index is 2.39. The first-order valence-corrected chi connectivity index (χ1v) is 10.0. The van der Waals surface area contributed by atoms with Crippen LogP contribution in [0.2, 0.25) is 0 Å². The molecule has 2 unspecified atom stereocenters. The van der Waals surface area contributed by atoms with Gasteiger partial charge in [0.2, 0.25) is 10.0 Å². The largest absolute Gasteiger partial charge is 0.490 e. The van der Waals surface area contributed by atoms with Gasteiger partial charge in [0.15, 0.2) is 11.5 Å². The zero-order valence-electron chi connectivity index (χ0n) is 14.7. The van der Waals surface area contributed by atoms with E-state index in [0.29, 0.717) is 37.8 Å². The average Bonchev–Trinajstić information content (AvgIpc) is 2.56. The van der Waals surface area contributed by atoms with Crippen molar-refractivity contribution in [3.8, 4) is 11.5 Å². The van der Waals surface area contributed by atoms with Crippen LogP contribution in [-0.2, 0) is 10.0 Å². The van der Waals surface area contributed by atoms with Crippen LogP contribution >= 0.6 is 0 Å². The van der Waals surface area contributed by atoms with Crippen molar-refractivity contribution in [2.24, 2.45) is 11.7 Å². The molecule has 136 valence electrons. The summed E-state index contributed by atoms with van der Waals surface area (Å²) < 4.78 is 38.8. The Hall–Kier alpha value is -1.31. The van der Waals surface area contributed by atoms with Crippen LogP contribution in [0.4, 0.5) is 0 Å². The van der Waals surface area contributed by atoms with Crippen molar-refractivity contribution in [3.05, 3.63) is 18.2 Å². The molecule has 2 rings (SSSR count). The number of piperidine rings is 1. The molecule has 0 aromatic heterocycles. The molecule has 1 saturated heterocycles. The van der Waals surface area contributed by atoms with E-state index in [-0.39, 0.29) is 16.9 Å². The van der Waals surface area contributed by atoms with Crippen molar-refractivity contribution in [1.29, 1.82) is 0 Å². The van der Waals surface area contributed by atoms with Crippen LogP contribution < -0.4 is 15.2 Å². The van der Waals surface area contributed by atoms with Crippen molar-refractivity contribution in [1.82, 2.24) is 4.31 Å². The van der Waals surface area contributed by atoms with E-state index in [4.69, 9.17) is 15.2 Å². The molecule has 1 fully saturated rings. The Bertz CT molecular complexity index is 648. The highest BCUT2D eigenvalue weighted by Gasteiger charge is 2.36. The third-order valence-corrected chi connectivity index (χ3v) is 6.35. The summed E-state index contributed by atoms with van der Waals surface area (Å²) in [6.45, 7) is 7.56. The maximum Gasteiger partial charge on any atom is 0.243 e. The van der Waals surface area contributed by atoms with Gasteiger partial charge in [-0.05, 0) is 44.7 Å². The van der Waals surface area contributed by atoms with Gasteiger partial charge in [-0.25, -0.2) is 8.42 Å². The molecule has 1 aliphatic heterocycles. The van der Waals surface area contributed by atoms with Gasteiger partial charge in [0, 0.05) is 25.2 Å². The van der Waals surface area contributed by atoms with Gasteiger partial charge in [0.25, 0.3) is 0 Å². The number of ether oxygens (including phenoxy) is 2. The van der Waals surface area contributed by atoms with Crippen LogP contribution in [0.5, 0.6) is 11.5 Å². The highest BCUT2D eigenvalue weighted by atomic mass is 32.2. The number of sulfonamides is 1. The lowest BCUT2D eigenvalue weighted by molar-refractivity contribution is 0.192. The molecular weight excluding hydrogens is 328 g/mol. The Kier molecular flexibility index (Phi) is 6.48. The number of benzene rings is 1. The fraction of sp³-hybridized carbons (Fsp3) is 0.647. The fourth-order valence-electron chi connectivity index (χ4n) is 3.19. The molecule has 2 N–H and O–H groups in total. The monoisotopic (exact) mass is 356 g/mol. The minimum atomic E-state index is -3.61. The van der Waals surface area contributed by atoms with E-state index in [1.165, 1.54) is 0 Å². The molecule has 1 aromatic rings. The smallest absolute Gasteiger partial charge is 0.243 e. The summed E-state index contributed by atoms with van der Waals surface area (Å²) in [5.41, 5.74) is 5.85. The second kappa shape index (κ2) is 8.18. The molecule has 7 heteroatoms. The minimum Gasteiger partial charge on any atom is -0.490 e. The Morgan fingerprint density at radius 1 is 1.21 bits per heavy atom. The second-order valence-corrected chi connectivity index (χ2v) is 7.90. The third-order valence-electron chi connectivity index (χ3n) is 4.43. The first-order valence-electron chi connectivity index (χ1n) is 8.57. The molecule has 6 nitrogen and oxygen atoms in total. The summed E-state index contributed by atoms with van der Waals surface area (Å²) in [6.07, 6.45) is 1.85. The van der Waals surface area contributed by atoms with Crippen molar-refractivity contribution >= 4 is 10.0 Å². The molecule has 0 saturated carbocycles. The van der Waals surface area contributed by atoms with Gasteiger partial charge in [-0.2, -0.15) is 4.31 Å². The van der Waals surface area contributed by atoms with Crippen molar-refractivity contribution < 1.29 is 17.9 Å². The number of nitrogens with zero attached hydrogens (tertiary/aromatic N) is 1. The molecular formula is C17H28N2O4S. The summed E-state index contributed by atoms with van der Waals surface area (Å²) in [7, 11) is -3.61. The van der Waals surface area contributed by atoms with Gasteiger partial charge >= 0.3 is 0 Å². The van der Waals surface area contributed by atoms with Crippen LogP contribution in [0.3, 0.4) is 0 Å². The molecule has 0 amide bonds. The van der Waals surface area contributed by atoms with E-state index in [0.717, 1.165) is 12.8 Å². The predicted molar refractivity (Wildman–Crippen MR) is 93.9 cm³/mol. The maximum absolute atomic E-state index is 13.1. The second-order valence-electron chi connectivity index (χ2n) is 6.01. The van der Waals surface area contributed by atoms with Gasteiger partial charge in [-0.1, -0.05) is 6.92 Å². The molecule has 0 bridgehead atoms. The van der Waals surface area contributed by atoms with Crippen LogP contribution in [-0.4, -0.2) is 45.1 Å². The summed E-state index contributed by atoms with van der Waals surface area (Å²) in [6, 6.07) is 4.63. The molecule has 0 aliphatic carbocycles. The van der Waals surface area contributed by atoms with Crippen molar-refractivity contribution in [2.75, 3.05) is 26.3 Å². The standard InChI is InChI=1S/C17H28N2O4S/c1-4-22-16-9-8-14(11-17(16)23-5-2)24(20,21)19-10-6-7-13(3)15(19)12-18/h8-9,11,13,15H,4-7,10,12,18H2,1-3H3. The van der Waals surface area contributed by atoms with E-state index < -0.39 is 10.0 Å². The topological polar surface area (TPSA) is 81.9 Å². The zero-order chi connectivity index (χ0) is 17.7. The Morgan fingerprint density at radius 2 is 1.88 bits per heavy atom. The number of nitrogens with two attached hydrogens (primary N) is 1. The first-order chi connectivity index (χ1) is 11.5. The van der Waals surface area contributed by atoms with E-state index in [9.17, 15) is 8.42 Å². The Labute approximate surface area is 145 Å². The lowest BCUT2D eigenvalue weighted by Gasteiger charge is -2.38. The van der Waals surface area contributed by atoms with Gasteiger partial charge in [-0.15, -0.1) is 0 Å². The maximum atomic E-state index is 13.1. The number of rotatable bonds is 7. The molecule has 0 radical (unpaired) electrons. The van der Waals surface area contributed by atoms with Crippen LogP contribution in [0.25, 0.3) is 0 Å². The zero-order valence-corrected chi connectivity index (χ0v) is 15.5. The summed E-state index contributed by atoms with van der Waals surface area (Å²) in [5, 5.41) is 0. The highest BCUT2D eigenvalue weighted by Crippen LogP contribution is 2.34. The average molecular weight is 356 g/mol. The van der Waals surface area contributed by atoms with Crippen molar-refractivity contribution in [2.45, 2.75) is 44.6 Å². The number of hydrogen-bond acceptors (Lipinski definition) is 5. The van der Waals surface area contributed by atoms with Crippen LogP contribution in [0.1, 0.15) is 33.6 Å². The minimum absolute atomic E-state index is 0.161. The SMILES string of the molecule is CCOc1ccc(S(=O)(=O)N2CCCC(C)C2CN)cc1OCC. The molecule has 24 heavy (non-hydrogen) atoms. The molecule has 1 aliphatic rings. The van der Waals surface area contributed by atoms with Gasteiger partial charge in [-0.3, -0.25) is 0 Å². The van der Waals surface area contributed by atoms with Gasteiger partial charge in [0.05, 0.1) is 18.1 Å². The van der Waals surface area contributed by atoms with Crippen LogP contribution in [0, 0.1) is 5.92 Å². The number of hydrogen-bond donors (Lipinski definition) is 1. The third kappa shape index (κ3) is 3.84. The first kappa shape index (κ1) is 19.0. The quantitative estimate of drug-likeness (QED) is 0.810. The summed E-state index contributed by atoms with van der Waals surface area (Å²) >= 11 is 0. The molecule has 2 atom stereocenters. The molecule has 1 heterocycles. The normalized spacial score (nSPS) is 22.3. The fourth-order valence-corrected chi connectivity index (χ4v) is 4.97. The summed E-state index contributed by atoms with van der Waals surface area (Å²) in [5.74, 6) is 1.27. The molecule has 1 aromatic carbocycles. The van der Waals surface area contributed by atoms with E-state index in [2.05, 4.69) is 6.92 Å². The lowest BCUT2D eigenvalue weighted by Crippen LogP contribution is -2.51. The summed E-state index contributed by atoms with van der Waals surface area (Å²) in [4.78, 5) is 0.224. The lowest BCUT2D eigenvalue weighted by atomic mass is 9.93. The predicted octanol–water partition coefficient (Wildman–Crippen LogP) is 2.23. The van der Waals surface area contributed by atoms with E-state index in [1.54, 1.807) is 22.5 Å². The molecule has 0 spiro atoms. The van der Waals surface area contributed by atoms with E-state index >= 15 is 0 Å². The van der Waals surface area contributed by atoms with Gasteiger partial charge < -0.3 is 15.2 Å².